The summed E-state index contributed by atoms with van der Waals surface area (Å²) in [5.74, 6) is -0.00231. The van der Waals surface area contributed by atoms with E-state index >= 15 is 0 Å². The van der Waals surface area contributed by atoms with Gasteiger partial charge in [-0.1, -0.05) is 17.7 Å². The first-order chi connectivity index (χ1) is 7.66. The Labute approximate surface area is 102 Å². The summed E-state index contributed by atoms with van der Waals surface area (Å²) in [6, 6.07) is 5.44. The van der Waals surface area contributed by atoms with E-state index in [2.05, 4.69) is 0 Å². The molecule has 0 fully saturated rings. The van der Waals surface area contributed by atoms with Crippen molar-refractivity contribution >= 4 is 33.7 Å². The Morgan fingerprint density at radius 1 is 1.31 bits per heavy atom. The maximum absolute atomic E-state index is 12.2. The van der Waals surface area contributed by atoms with Gasteiger partial charge in [0.15, 0.2) is 5.78 Å². The van der Waals surface area contributed by atoms with Crippen molar-refractivity contribution in [3.05, 3.63) is 50.9 Å². The van der Waals surface area contributed by atoms with Crippen LogP contribution in [0.25, 0.3) is 0 Å². The van der Waals surface area contributed by atoms with E-state index in [-0.39, 0.29) is 5.78 Å². The van der Waals surface area contributed by atoms with E-state index in [9.17, 15) is 4.79 Å². The molecule has 1 aromatic carbocycles. The molecule has 0 radical (unpaired) electrons. The van der Waals surface area contributed by atoms with Crippen molar-refractivity contribution in [2.24, 2.45) is 0 Å². The van der Waals surface area contributed by atoms with Crippen molar-refractivity contribution in [3.8, 4) is 0 Å². The zero-order valence-corrected chi connectivity index (χ0v) is 9.86. The van der Waals surface area contributed by atoms with Crippen molar-refractivity contribution < 1.29 is 4.79 Å². The van der Waals surface area contributed by atoms with Gasteiger partial charge in [0.2, 0.25) is 0 Å². The minimum atomic E-state index is -0.00231. The zero-order chi connectivity index (χ0) is 11.3. The normalized spacial score (nSPS) is 13.4. The van der Waals surface area contributed by atoms with Crippen LogP contribution in [-0.4, -0.2) is 5.78 Å². The number of benzene rings is 1. The monoisotopic (exact) mass is 249 g/mol. The first-order valence-electron chi connectivity index (χ1n) is 4.86. The van der Waals surface area contributed by atoms with Gasteiger partial charge in [-0.25, -0.2) is 0 Å². The Morgan fingerprint density at radius 2 is 2.12 bits per heavy atom. The minimum Gasteiger partial charge on any atom is -0.390 e. The second-order valence-corrected chi connectivity index (χ2v) is 5.16. The molecule has 0 amide bonds. The molecule has 3 rings (SSSR count). The fourth-order valence-corrected chi connectivity index (χ4v) is 3.04. The predicted molar refractivity (Wildman–Crippen MR) is 66.4 cm³/mol. The van der Waals surface area contributed by atoms with E-state index in [1.54, 1.807) is 6.07 Å². The molecule has 0 unspecified atom stereocenters. The molecule has 0 bridgehead atoms. The lowest BCUT2D eigenvalue weighted by molar-refractivity contribution is 0.103. The van der Waals surface area contributed by atoms with Crippen LogP contribution >= 0.6 is 22.9 Å². The maximum Gasteiger partial charge on any atom is 0.196 e. The highest BCUT2D eigenvalue weighted by atomic mass is 35.5. The summed E-state index contributed by atoms with van der Waals surface area (Å²) in [4.78, 5) is 12.2. The Kier molecular flexibility index (Phi) is 2.06. The second-order valence-electron chi connectivity index (χ2n) is 3.81. The number of ketones is 1. The van der Waals surface area contributed by atoms with Gasteiger partial charge in [-0.3, -0.25) is 4.79 Å². The molecule has 2 N–H and O–H groups in total. The molecule has 0 saturated heterocycles. The van der Waals surface area contributed by atoms with Crippen molar-refractivity contribution in [1.82, 2.24) is 0 Å². The lowest BCUT2D eigenvalue weighted by Gasteiger charge is -2.15. The van der Waals surface area contributed by atoms with Crippen LogP contribution in [0, 0.1) is 0 Å². The van der Waals surface area contributed by atoms with Crippen molar-refractivity contribution in [3.63, 3.8) is 0 Å². The van der Waals surface area contributed by atoms with Crippen LogP contribution in [-0.2, 0) is 6.42 Å². The largest absolute Gasteiger partial charge is 0.390 e. The SMILES string of the molecule is Nc1scc2c1C(=O)c1cc(Cl)ccc1C2. The van der Waals surface area contributed by atoms with Crippen LogP contribution in [0.1, 0.15) is 27.0 Å². The third kappa shape index (κ3) is 1.29. The number of carbonyl (C=O) groups is 1. The Hall–Kier alpha value is -1.32. The van der Waals surface area contributed by atoms with E-state index in [0.717, 1.165) is 17.5 Å². The molecule has 1 aliphatic rings. The number of fused-ring (bicyclic) bond motifs is 2. The Morgan fingerprint density at radius 3 is 2.94 bits per heavy atom. The molecule has 0 saturated carbocycles. The third-order valence-corrected chi connectivity index (χ3v) is 3.92. The average Bonchev–Trinajstić information content (AvgIpc) is 2.62. The number of anilines is 1. The third-order valence-electron chi connectivity index (χ3n) is 2.82. The van der Waals surface area contributed by atoms with Crippen LogP contribution in [0.15, 0.2) is 23.6 Å². The van der Waals surface area contributed by atoms with Gasteiger partial charge in [-0.05, 0) is 35.1 Å². The van der Waals surface area contributed by atoms with Crippen LogP contribution in [0.4, 0.5) is 5.00 Å². The van der Waals surface area contributed by atoms with E-state index in [4.69, 9.17) is 17.3 Å². The molecular formula is C12H8ClNOS. The topological polar surface area (TPSA) is 43.1 Å². The van der Waals surface area contributed by atoms with Gasteiger partial charge in [0.1, 0.15) is 0 Å². The van der Waals surface area contributed by atoms with Crippen molar-refractivity contribution in [2.45, 2.75) is 6.42 Å². The summed E-state index contributed by atoms with van der Waals surface area (Å²) in [5, 5.41) is 3.15. The standard InChI is InChI=1S/C12H8ClNOS/c13-8-2-1-6-3-7-5-16-12(14)10(7)11(15)9(6)4-8/h1-2,4-5H,3,14H2. The average molecular weight is 250 g/mol. The Balaban J connectivity index is 2.24. The Bertz CT molecular complexity index is 603. The smallest absolute Gasteiger partial charge is 0.196 e. The fourth-order valence-electron chi connectivity index (χ4n) is 2.05. The maximum atomic E-state index is 12.2. The van der Waals surface area contributed by atoms with Crippen LogP contribution in [0.3, 0.4) is 0 Å². The van der Waals surface area contributed by atoms with Gasteiger partial charge in [0.05, 0.1) is 10.6 Å². The lowest BCUT2D eigenvalue weighted by Crippen LogP contribution is -2.14. The van der Waals surface area contributed by atoms with Crippen molar-refractivity contribution in [2.75, 3.05) is 5.73 Å². The van der Waals surface area contributed by atoms with Crippen LogP contribution in [0.2, 0.25) is 5.02 Å². The highest BCUT2D eigenvalue weighted by Crippen LogP contribution is 2.35. The van der Waals surface area contributed by atoms with E-state index in [1.165, 1.54) is 11.3 Å². The number of nitrogen functional groups attached to an aromatic ring is 1. The molecule has 0 aliphatic heterocycles. The molecule has 2 aromatic rings. The first kappa shape index (κ1) is 9.87. The van der Waals surface area contributed by atoms with Gasteiger partial charge in [0.25, 0.3) is 0 Å². The van der Waals surface area contributed by atoms with Crippen LogP contribution in [0.5, 0.6) is 0 Å². The molecule has 0 spiro atoms. The molecule has 0 atom stereocenters. The van der Waals surface area contributed by atoms with Crippen LogP contribution < -0.4 is 5.73 Å². The fraction of sp³-hybridized carbons (Fsp3) is 0.0833. The van der Waals surface area contributed by atoms with Gasteiger partial charge >= 0.3 is 0 Å². The summed E-state index contributed by atoms with van der Waals surface area (Å²) in [6.45, 7) is 0. The highest BCUT2D eigenvalue weighted by Gasteiger charge is 2.26. The number of hydrogen-bond donors (Lipinski definition) is 1. The number of halogens is 1. The molecular weight excluding hydrogens is 242 g/mol. The molecule has 1 heterocycles. The van der Waals surface area contributed by atoms with Gasteiger partial charge < -0.3 is 5.73 Å². The summed E-state index contributed by atoms with van der Waals surface area (Å²) in [6.07, 6.45) is 0.765. The van der Waals surface area contributed by atoms with E-state index in [0.29, 0.717) is 21.2 Å². The van der Waals surface area contributed by atoms with Gasteiger partial charge in [0, 0.05) is 10.6 Å². The zero-order valence-electron chi connectivity index (χ0n) is 8.29. The second kappa shape index (κ2) is 3.34. The number of hydrogen-bond acceptors (Lipinski definition) is 3. The van der Waals surface area contributed by atoms with Crippen molar-refractivity contribution in [1.29, 1.82) is 0 Å². The molecule has 2 nitrogen and oxygen atoms in total. The number of nitrogens with two attached hydrogens (primary N) is 1. The molecule has 16 heavy (non-hydrogen) atoms. The molecule has 4 heteroatoms. The van der Waals surface area contributed by atoms with Gasteiger partial charge in [-0.15, -0.1) is 11.3 Å². The number of rotatable bonds is 0. The number of carbonyl (C=O) groups excluding carboxylic acids is 1. The highest BCUT2D eigenvalue weighted by molar-refractivity contribution is 7.14. The molecule has 1 aromatic heterocycles. The summed E-state index contributed by atoms with van der Waals surface area (Å²) < 4.78 is 0. The van der Waals surface area contributed by atoms with Gasteiger partial charge in [-0.2, -0.15) is 0 Å². The summed E-state index contributed by atoms with van der Waals surface area (Å²) in [7, 11) is 0. The summed E-state index contributed by atoms with van der Waals surface area (Å²) in [5.41, 5.74) is 9.22. The first-order valence-corrected chi connectivity index (χ1v) is 6.11. The van der Waals surface area contributed by atoms with E-state index in [1.807, 2.05) is 17.5 Å². The molecule has 80 valence electrons. The minimum absolute atomic E-state index is 0.00231. The molecule has 1 aliphatic carbocycles. The summed E-state index contributed by atoms with van der Waals surface area (Å²) >= 11 is 7.32. The quantitative estimate of drug-likeness (QED) is 0.665. The lowest BCUT2D eigenvalue weighted by atomic mass is 9.87. The number of thiophene rings is 1. The predicted octanol–water partition coefficient (Wildman–Crippen LogP) is 3.12. The van der Waals surface area contributed by atoms with E-state index < -0.39 is 0 Å².